The van der Waals surface area contributed by atoms with Gasteiger partial charge in [0.25, 0.3) is 5.56 Å². The number of nitrogens with one attached hydrogen (secondary N) is 1. The van der Waals surface area contributed by atoms with Crippen LogP contribution < -0.4 is 16.0 Å². The average molecular weight is 259 g/mol. The molecule has 0 fully saturated rings. The van der Waals surface area contributed by atoms with Crippen LogP contribution in [0.25, 0.3) is 0 Å². The summed E-state index contributed by atoms with van der Waals surface area (Å²) in [4.78, 5) is 18.8. The Labute approximate surface area is 111 Å². The third-order valence-electron chi connectivity index (χ3n) is 2.98. The molecule has 0 aliphatic rings. The monoisotopic (exact) mass is 259 g/mol. The second-order valence-corrected chi connectivity index (χ2v) is 4.25. The van der Waals surface area contributed by atoms with Crippen LogP contribution in [0.1, 0.15) is 23.9 Å². The van der Waals surface area contributed by atoms with E-state index in [2.05, 4.69) is 9.97 Å². The fourth-order valence-electron chi connectivity index (χ4n) is 1.93. The van der Waals surface area contributed by atoms with Gasteiger partial charge in [0.2, 0.25) is 0 Å². The molecule has 0 unspecified atom stereocenters. The number of nitrogen functional groups attached to an aromatic ring is 1. The smallest absolute Gasteiger partial charge is 0.256 e. The van der Waals surface area contributed by atoms with Crippen molar-refractivity contribution in [2.24, 2.45) is 0 Å². The number of nitrogens with zero attached hydrogens (tertiary/aromatic N) is 1. The quantitative estimate of drug-likeness (QED) is 0.872. The van der Waals surface area contributed by atoms with Gasteiger partial charge >= 0.3 is 0 Å². The number of hydrogen-bond donors (Lipinski definition) is 2. The van der Waals surface area contributed by atoms with E-state index in [-0.39, 0.29) is 5.56 Å². The maximum absolute atomic E-state index is 11.8. The van der Waals surface area contributed by atoms with E-state index in [1.807, 2.05) is 31.2 Å². The minimum absolute atomic E-state index is 0.154. The summed E-state index contributed by atoms with van der Waals surface area (Å²) in [7, 11) is 1.62. The lowest BCUT2D eigenvalue weighted by molar-refractivity contribution is 0.414. The molecule has 1 heterocycles. The van der Waals surface area contributed by atoms with Gasteiger partial charge in [-0.2, -0.15) is 0 Å². The minimum Gasteiger partial charge on any atom is -0.497 e. The molecule has 0 atom stereocenters. The lowest BCUT2D eigenvalue weighted by Crippen LogP contribution is -2.19. The summed E-state index contributed by atoms with van der Waals surface area (Å²) in [6, 6.07) is 7.61. The molecule has 1 aromatic heterocycles. The number of ether oxygens (including phenoxy) is 1. The highest BCUT2D eigenvalue weighted by molar-refractivity contribution is 5.38. The standard InChI is InChI=1S/C14H17N3O2/c1-3-11-13(15)16-12(17-14(11)18)8-9-4-6-10(19-2)7-5-9/h4-7H,3,8H2,1-2H3,(H3,15,16,17,18). The fourth-order valence-corrected chi connectivity index (χ4v) is 1.93. The van der Waals surface area contributed by atoms with Crippen molar-refractivity contribution in [3.63, 3.8) is 0 Å². The van der Waals surface area contributed by atoms with Gasteiger partial charge in [-0.05, 0) is 24.1 Å². The number of H-pyrrole nitrogens is 1. The number of nitrogens with two attached hydrogens (primary N) is 1. The van der Waals surface area contributed by atoms with Crippen LogP contribution in [0.2, 0.25) is 0 Å². The fraction of sp³-hybridized carbons (Fsp3) is 0.286. The maximum atomic E-state index is 11.8. The van der Waals surface area contributed by atoms with E-state index in [0.29, 0.717) is 30.0 Å². The molecule has 100 valence electrons. The summed E-state index contributed by atoms with van der Waals surface area (Å²) in [5.74, 6) is 1.69. The molecular formula is C14H17N3O2. The largest absolute Gasteiger partial charge is 0.497 e. The normalized spacial score (nSPS) is 10.4. The maximum Gasteiger partial charge on any atom is 0.256 e. The molecule has 3 N–H and O–H groups in total. The Hall–Kier alpha value is -2.30. The third-order valence-corrected chi connectivity index (χ3v) is 2.98. The Morgan fingerprint density at radius 1 is 1.32 bits per heavy atom. The van der Waals surface area contributed by atoms with Crippen LogP contribution >= 0.6 is 0 Å². The predicted molar refractivity (Wildman–Crippen MR) is 74.4 cm³/mol. The van der Waals surface area contributed by atoms with Gasteiger partial charge in [-0.15, -0.1) is 0 Å². The van der Waals surface area contributed by atoms with Crippen LogP contribution in [0.3, 0.4) is 0 Å². The number of methoxy groups -OCH3 is 1. The molecule has 5 heteroatoms. The molecule has 0 amide bonds. The first-order valence-corrected chi connectivity index (χ1v) is 6.14. The van der Waals surface area contributed by atoms with Crippen molar-refractivity contribution >= 4 is 5.82 Å². The van der Waals surface area contributed by atoms with Crippen LogP contribution in [0.15, 0.2) is 29.1 Å². The molecular weight excluding hydrogens is 242 g/mol. The van der Waals surface area contributed by atoms with Crippen LogP contribution in [0, 0.1) is 0 Å². The first-order chi connectivity index (χ1) is 9.13. The van der Waals surface area contributed by atoms with Crippen molar-refractivity contribution in [1.29, 1.82) is 0 Å². The number of aromatic nitrogens is 2. The summed E-state index contributed by atoms with van der Waals surface area (Å²) < 4.78 is 5.09. The van der Waals surface area contributed by atoms with E-state index in [9.17, 15) is 4.79 Å². The number of rotatable bonds is 4. The highest BCUT2D eigenvalue weighted by Crippen LogP contribution is 2.13. The van der Waals surface area contributed by atoms with E-state index < -0.39 is 0 Å². The SMILES string of the molecule is CCc1c(N)nc(Cc2ccc(OC)cc2)[nH]c1=O. The Morgan fingerprint density at radius 2 is 2.00 bits per heavy atom. The lowest BCUT2D eigenvalue weighted by Gasteiger charge is -2.06. The van der Waals surface area contributed by atoms with Crippen molar-refractivity contribution in [1.82, 2.24) is 9.97 Å². The number of anilines is 1. The summed E-state index contributed by atoms with van der Waals surface area (Å²) in [5.41, 5.74) is 7.20. The van der Waals surface area contributed by atoms with Gasteiger partial charge in [0.15, 0.2) is 0 Å². The molecule has 0 bridgehead atoms. The Morgan fingerprint density at radius 3 is 2.53 bits per heavy atom. The molecule has 1 aromatic carbocycles. The van der Waals surface area contributed by atoms with E-state index in [4.69, 9.17) is 10.5 Å². The summed E-state index contributed by atoms with van der Waals surface area (Å²) in [6.07, 6.45) is 1.12. The zero-order chi connectivity index (χ0) is 13.8. The Kier molecular flexibility index (Phi) is 3.85. The third kappa shape index (κ3) is 2.93. The van der Waals surface area contributed by atoms with E-state index in [1.165, 1.54) is 0 Å². The van der Waals surface area contributed by atoms with Crippen LogP contribution in [-0.2, 0) is 12.8 Å². The Balaban J connectivity index is 2.25. The zero-order valence-corrected chi connectivity index (χ0v) is 11.1. The topological polar surface area (TPSA) is 81.0 Å². The summed E-state index contributed by atoms with van der Waals surface area (Å²) in [6.45, 7) is 1.88. The lowest BCUT2D eigenvalue weighted by atomic mass is 10.1. The molecule has 0 radical (unpaired) electrons. The second-order valence-electron chi connectivity index (χ2n) is 4.25. The van der Waals surface area contributed by atoms with Crippen molar-refractivity contribution in [2.75, 3.05) is 12.8 Å². The first kappa shape index (κ1) is 13.1. The molecule has 2 rings (SSSR count). The van der Waals surface area contributed by atoms with Crippen LogP contribution in [0.5, 0.6) is 5.75 Å². The van der Waals surface area contributed by atoms with Gasteiger partial charge in [0.1, 0.15) is 17.4 Å². The van der Waals surface area contributed by atoms with Crippen molar-refractivity contribution < 1.29 is 4.74 Å². The van der Waals surface area contributed by atoms with Crippen molar-refractivity contribution in [3.8, 4) is 5.75 Å². The molecule has 0 aliphatic heterocycles. The average Bonchev–Trinajstić information content (AvgIpc) is 2.39. The van der Waals surface area contributed by atoms with Gasteiger partial charge in [-0.1, -0.05) is 19.1 Å². The predicted octanol–water partition coefficient (Wildman–Crippen LogP) is 1.51. The van der Waals surface area contributed by atoms with Crippen LogP contribution in [-0.4, -0.2) is 17.1 Å². The van der Waals surface area contributed by atoms with Gasteiger partial charge in [0.05, 0.1) is 12.7 Å². The molecule has 0 aliphatic carbocycles. The van der Waals surface area contributed by atoms with Crippen molar-refractivity contribution in [2.45, 2.75) is 19.8 Å². The molecule has 5 nitrogen and oxygen atoms in total. The molecule has 0 saturated carbocycles. The molecule has 0 spiro atoms. The van der Waals surface area contributed by atoms with Crippen LogP contribution in [0.4, 0.5) is 5.82 Å². The highest BCUT2D eigenvalue weighted by atomic mass is 16.5. The van der Waals surface area contributed by atoms with E-state index in [1.54, 1.807) is 7.11 Å². The molecule has 0 saturated heterocycles. The number of benzene rings is 1. The molecule has 2 aromatic rings. The van der Waals surface area contributed by atoms with Gasteiger partial charge in [-0.3, -0.25) is 4.79 Å². The highest BCUT2D eigenvalue weighted by Gasteiger charge is 2.07. The van der Waals surface area contributed by atoms with Gasteiger partial charge in [-0.25, -0.2) is 4.98 Å². The zero-order valence-electron chi connectivity index (χ0n) is 11.1. The first-order valence-electron chi connectivity index (χ1n) is 6.14. The summed E-state index contributed by atoms with van der Waals surface area (Å²) >= 11 is 0. The minimum atomic E-state index is -0.154. The molecule has 19 heavy (non-hydrogen) atoms. The van der Waals surface area contributed by atoms with Crippen molar-refractivity contribution in [3.05, 3.63) is 51.6 Å². The van der Waals surface area contributed by atoms with E-state index in [0.717, 1.165) is 11.3 Å². The van der Waals surface area contributed by atoms with E-state index >= 15 is 0 Å². The second kappa shape index (κ2) is 5.56. The Bertz CT molecular complexity index is 618. The number of hydrogen-bond acceptors (Lipinski definition) is 4. The van der Waals surface area contributed by atoms with Gasteiger partial charge in [0, 0.05) is 6.42 Å². The number of aromatic amines is 1. The summed E-state index contributed by atoms with van der Waals surface area (Å²) in [5, 5.41) is 0. The van der Waals surface area contributed by atoms with Gasteiger partial charge < -0.3 is 15.5 Å².